The molecule has 1 aliphatic rings. The summed E-state index contributed by atoms with van der Waals surface area (Å²) in [5.41, 5.74) is 4.01. The van der Waals surface area contributed by atoms with Gasteiger partial charge in [0.15, 0.2) is 5.82 Å². The van der Waals surface area contributed by atoms with Gasteiger partial charge in [-0.1, -0.05) is 6.07 Å². The first-order chi connectivity index (χ1) is 12.1. The van der Waals surface area contributed by atoms with E-state index in [2.05, 4.69) is 9.88 Å². The Kier molecular flexibility index (Phi) is 4.15. The first-order valence-corrected chi connectivity index (χ1v) is 9.10. The Labute approximate surface area is 150 Å². The Morgan fingerprint density at radius 1 is 1.28 bits per heavy atom. The molecule has 4 rings (SSSR count). The number of rotatable bonds is 3. The van der Waals surface area contributed by atoms with Gasteiger partial charge in [-0.2, -0.15) is 0 Å². The number of nitrogens with zero attached hydrogens (tertiary/aromatic N) is 3. The van der Waals surface area contributed by atoms with Crippen LogP contribution in [0.25, 0.3) is 10.7 Å². The van der Waals surface area contributed by atoms with Crippen LogP contribution in [0.2, 0.25) is 0 Å². The van der Waals surface area contributed by atoms with Crippen molar-refractivity contribution >= 4 is 11.3 Å². The molecule has 1 aromatic carbocycles. The molecule has 6 heteroatoms. The summed E-state index contributed by atoms with van der Waals surface area (Å²) in [7, 11) is 0. The van der Waals surface area contributed by atoms with Gasteiger partial charge in [-0.25, -0.2) is 9.97 Å². The molecular weight excluding hydrogens is 334 g/mol. The first-order valence-electron chi connectivity index (χ1n) is 8.22. The molecule has 0 bridgehead atoms. The summed E-state index contributed by atoms with van der Waals surface area (Å²) < 4.78 is 0. The zero-order valence-electron chi connectivity index (χ0n) is 13.9. The lowest BCUT2D eigenvalue weighted by molar-refractivity contribution is 0.239. The van der Waals surface area contributed by atoms with E-state index in [0.717, 1.165) is 52.6 Å². The van der Waals surface area contributed by atoms with Crippen molar-refractivity contribution in [2.45, 2.75) is 26.4 Å². The van der Waals surface area contributed by atoms with Crippen molar-refractivity contribution in [3.05, 3.63) is 58.2 Å². The lowest BCUT2D eigenvalue weighted by Gasteiger charge is -2.28. The number of aromatic nitrogens is 2. The van der Waals surface area contributed by atoms with Gasteiger partial charge in [0, 0.05) is 49.4 Å². The molecule has 5 nitrogen and oxygen atoms in total. The van der Waals surface area contributed by atoms with Crippen molar-refractivity contribution in [3.63, 3.8) is 0 Å². The largest absolute Gasteiger partial charge is 0.508 e. The average Bonchev–Trinajstić information content (AvgIpc) is 3.12. The van der Waals surface area contributed by atoms with Crippen LogP contribution >= 0.6 is 11.3 Å². The van der Waals surface area contributed by atoms with Crippen molar-refractivity contribution in [2.24, 2.45) is 0 Å². The van der Waals surface area contributed by atoms with Crippen molar-refractivity contribution in [3.8, 4) is 22.2 Å². The Hall–Kier alpha value is -2.44. The molecule has 0 atom stereocenters. The zero-order valence-corrected chi connectivity index (χ0v) is 14.8. The van der Waals surface area contributed by atoms with Crippen LogP contribution in [0.3, 0.4) is 0 Å². The normalized spacial score (nSPS) is 14.4. The maximum absolute atomic E-state index is 10.1. The van der Waals surface area contributed by atoms with E-state index in [1.54, 1.807) is 17.4 Å². The van der Waals surface area contributed by atoms with Gasteiger partial charge in [-0.3, -0.25) is 4.90 Å². The number of fused-ring (bicyclic) bond motifs is 1. The fourth-order valence-electron chi connectivity index (χ4n) is 3.24. The van der Waals surface area contributed by atoms with Crippen LogP contribution in [0.5, 0.6) is 11.5 Å². The van der Waals surface area contributed by atoms with Gasteiger partial charge in [-0.15, -0.1) is 11.3 Å². The minimum absolute atomic E-state index is 0.0947. The molecule has 0 saturated heterocycles. The summed E-state index contributed by atoms with van der Waals surface area (Å²) in [6.07, 6.45) is 2.79. The highest BCUT2D eigenvalue weighted by Gasteiger charge is 2.21. The van der Waals surface area contributed by atoms with Crippen molar-refractivity contribution in [1.29, 1.82) is 0 Å². The minimum Gasteiger partial charge on any atom is -0.508 e. The molecular formula is C19H19N3O2S. The predicted molar refractivity (Wildman–Crippen MR) is 97.7 cm³/mol. The highest BCUT2D eigenvalue weighted by Crippen LogP contribution is 2.30. The van der Waals surface area contributed by atoms with Gasteiger partial charge >= 0.3 is 0 Å². The molecule has 0 radical (unpaired) electrons. The molecule has 0 amide bonds. The van der Waals surface area contributed by atoms with Crippen LogP contribution < -0.4 is 0 Å². The van der Waals surface area contributed by atoms with E-state index in [0.29, 0.717) is 6.54 Å². The summed E-state index contributed by atoms with van der Waals surface area (Å²) in [4.78, 5) is 12.6. The van der Waals surface area contributed by atoms with E-state index >= 15 is 0 Å². The lowest BCUT2D eigenvalue weighted by atomic mass is 10.0. The van der Waals surface area contributed by atoms with Gasteiger partial charge in [0.05, 0.1) is 10.6 Å². The van der Waals surface area contributed by atoms with E-state index in [-0.39, 0.29) is 11.5 Å². The van der Waals surface area contributed by atoms with Crippen LogP contribution in [-0.2, 0) is 19.5 Å². The molecule has 0 unspecified atom stereocenters. The quantitative estimate of drug-likeness (QED) is 0.754. The second kappa shape index (κ2) is 6.46. The van der Waals surface area contributed by atoms with E-state index in [4.69, 9.17) is 4.98 Å². The van der Waals surface area contributed by atoms with E-state index in [9.17, 15) is 10.2 Å². The summed E-state index contributed by atoms with van der Waals surface area (Å²) in [6, 6.07) is 7.13. The highest BCUT2D eigenvalue weighted by atomic mass is 32.1. The number of thiophene rings is 1. The summed E-state index contributed by atoms with van der Waals surface area (Å²) >= 11 is 1.65. The molecule has 3 heterocycles. The fourth-order valence-corrected chi connectivity index (χ4v) is 3.91. The number of aromatic hydroxyl groups is 2. The number of phenols is 2. The fraction of sp³-hybridized carbons (Fsp3) is 0.263. The standard InChI is InChI=1S/C19H19N3O2S/c1-12-7-14(23)8-17(24)15(12)11-22-5-4-16-13(10-22)9-20-19(21-16)18-3-2-6-25-18/h2-3,6-9,23-24H,4-5,10-11H2,1H3. The van der Waals surface area contributed by atoms with Gasteiger partial charge in [0.2, 0.25) is 0 Å². The maximum Gasteiger partial charge on any atom is 0.169 e. The third kappa shape index (κ3) is 3.23. The highest BCUT2D eigenvalue weighted by molar-refractivity contribution is 7.13. The maximum atomic E-state index is 10.1. The molecule has 3 aromatic rings. The number of aryl methyl sites for hydroxylation is 1. The zero-order chi connectivity index (χ0) is 17.4. The van der Waals surface area contributed by atoms with Crippen molar-refractivity contribution in [2.75, 3.05) is 6.54 Å². The molecule has 0 spiro atoms. The van der Waals surface area contributed by atoms with Crippen molar-refractivity contribution in [1.82, 2.24) is 14.9 Å². The Morgan fingerprint density at radius 3 is 2.92 bits per heavy atom. The van der Waals surface area contributed by atoms with Gasteiger partial charge in [0.25, 0.3) is 0 Å². The van der Waals surface area contributed by atoms with E-state index in [1.165, 1.54) is 6.07 Å². The van der Waals surface area contributed by atoms with Crippen LogP contribution in [0.1, 0.15) is 22.4 Å². The molecule has 25 heavy (non-hydrogen) atoms. The van der Waals surface area contributed by atoms with Gasteiger partial charge < -0.3 is 10.2 Å². The molecule has 2 N–H and O–H groups in total. The number of hydrogen-bond acceptors (Lipinski definition) is 6. The van der Waals surface area contributed by atoms with Crippen LogP contribution in [0, 0.1) is 6.92 Å². The minimum atomic E-state index is 0.0947. The summed E-state index contributed by atoms with van der Waals surface area (Å²) in [5.74, 6) is 1.04. The van der Waals surface area contributed by atoms with Crippen molar-refractivity contribution < 1.29 is 10.2 Å². The Bertz CT molecular complexity index is 886. The molecule has 2 aromatic heterocycles. The topological polar surface area (TPSA) is 69.5 Å². The van der Waals surface area contributed by atoms with Crippen LogP contribution in [-0.4, -0.2) is 31.6 Å². The monoisotopic (exact) mass is 353 g/mol. The lowest BCUT2D eigenvalue weighted by Crippen LogP contribution is -2.31. The third-order valence-electron chi connectivity index (χ3n) is 4.57. The average molecular weight is 353 g/mol. The smallest absolute Gasteiger partial charge is 0.169 e. The van der Waals surface area contributed by atoms with E-state index < -0.39 is 0 Å². The number of benzene rings is 1. The molecule has 128 valence electrons. The molecule has 0 saturated carbocycles. The van der Waals surface area contributed by atoms with Crippen LogP contribution in [0.15, 0.2) is 35.8 Å². The molecule has 1 aliphatic heterocycles. The number of hydrogen-bond donors (Lipinski definition) is 2. The van der Waals surface area contributed by atoms with Gasteiger partial charge in [0.1, 0.15) is 11.5 Å². The Morgan fingerprint density at radius 2 is 2.16 bits per heavy atom. The number of phenolic OH excluding ortho intramolecular Hbond substituents is 2. The van der Waals surface area contributed by atoms with E-state index in [1.807, 2.05) is 30.6 Å². The first kappa shape index (κ1) is 16.1. The van der Waals surface area contributed by atoms with Crippen LogP contribution in [0.4, 0.5) is 0 Å². The van der Waals surface area contributed by atoms with Gasteiger partial charge in [-0.05, 0) is 30.0 Å². The molecule has 0 aliphatic carbocycles. The predicted octanol–water partition coefficient (Wildman–Crippen LogP) is 3.48. The summed E-state index contributed by atoms with van der Waals surface area (Å²) in [6.45, 7) is 4.20. The second-order valence-corrected chi connectivity index (χ2v) is 7.31. The second-order valence-electron chi connectivity index (χ2n) is 6.36. The Balaban J connectivity index is 1.54. The SMILES string of the molecule is Cc1cc(O)cc(O)c1CN1CCc2nc(-c3cccs3)ncc2C1. The molecule has 0 fully saturated rings. The summed E-state index contributed by atoms with van der Waals surface area (Å²) in [5, 5.41) is 21.7. The third-order valence-corrected chi connectivity index (χ3v) is 5.44.